The topological polar surface area (TPSA) is 49.4 Å². The molecule has 0 spiro atoms. The third-order valence-corrected chi connectivity index (χ3v) is 5.80. The molecule has 0 radical (unpaired) electrons. The van der Waals surface area contributed by atoms with Crippen LogP contribution in [0, 0.1) is 0 Å². The molecule has 6 heteroatoms. The van der Waals surface area contributed by atoms with Crippen molar-refractivity contribution in [3.05, 3.63) is 29.0 Å². The Labute approximate surface area is 120 Å². The van der Waals surface area contributed by atoms with E-state index in [9.17, 15) is 8.42 Å². The molecule has 0 aliphatic rings. The van der Waals surface area contributed by atoms with Crippen molar-refractivity contribution in [2.75, 3.05) is 20.1 Å². The second kappa shape index (κ2) is 7.79. The normalized spacial score (nSPS) is 11.9. The zero-order chi connectivity index (χ0) is 14.3. The van der Waals surface area contributed by atoms with Crippen LogP contribution in [0.5, 0.6) is 0 Å². The van der Waals surface area contributed by atoms with E-state index in [4.69, 9.17) is 0 Å². The molecule has 0 aromatic carbocycles. The number of allylic oxidation sites excluding steroid dienone is 1. The summed E-state index contributed by atoms with van der Waals surface area (Å²) in [6, 6.07) is 1.69. The summed E-state index contributed by atoms with van der Waals surface area (Å²) in [4.78, 5) is 1.30. The van der Waals surface area contributed by atoms with Crippen molar-refractivity contribution in [2.45, 2.75) is 31.2 Å². The average molecular weight is 302 g/mol. The summed E-state index contributed by atoms with van der Waals surface area (Å²) in [6.45, 7) is 7.59. The first-order valence-corrected chi connectivity index (χ1v) is 8.70. The molecule has 0 saturated carbocycles. The Hall–Kier alpha value is -0.690. The van der Waals surface area contributed by atoms with Crippen molar-refractivity contribution in [1.29, 1.82) is 0 Å². The summed E-state index contributed by atoms with van der Waals surface area (Å²) < 4.78 is 26.3. The van der Waals surface area contributed by atoms with E-state index in [0.717, 1.165) is 24.3 Å². The quantitative estimate of drug-likeness (QED) is 0.563. The van der Waals surface area contributed by atoms with Gasteiger partial charge in [-0.3, -0.25) is 0 Å². The lowest BCUT2D eigenvalue weighted by atomic mass is 10.3. The highest BCUT2D eigenvalue weighted by Gasteiger charge is 2.24. The standard InChI is InChI=1S/C13H22N2O2S2/c1-4-6-7-9-15(3)19(16,17)13-8-10-18-12(13)11-14-5-2/h4,8,10,14H,1,5-7,9,11H2,2-3H3. The Bertz CT molecular complexity index is 494. The number of unbranched alkanes of at least 4 members (excludes halogenated alkanes) is 1. The maximum absolute atomic E-state index is 12.5. The summed E-state index contributed by atoms with van der Waals surface area (Å²) in [6.07, 6.45) is 3.43. The van der Waals surface area contributed by atoms with Gasteiger partial charge in [0.05, 0.1) is 4.90 Å². The lowest BCUT2D eigenvalue weighted by Crippen LogP contribution is -2.28. The second-order valence-electron chi connectivity index (χ2n) is 4.25. The molecule has 1 aromatic heterocycles. The average Bonchev–Trinajstić information content (AvgIpc) is 2.85. The van der Waals surface area contributed by atoms with Gasteiger partial charge in [0, 0.05) is 25.0 Å². The van der Waals surface area contributed by atoms with E-state index < -0.39 is 10.0 Å². The number of thiophene rings is 1. The van der Waals surface area contributed by atoms with Gasteiger partial charge in [-0.2, -0.15) is 0 Å². The van der Waals surface area contributed by atoms with Crippen molar-refractivity contribution in [3.8, 4) is 0 Å². The predicted octanol–water partition coefficient (Wildman–Crippen LogP) is 2.44. The molecule has 0 fully saturated rings. The Balaban J connectivity index is 2.81. The highest BCUT2D eigenvalue weighted by atomic mass is 32.2. The Kier molecular flexibility index (Phi) is 6.71. The second-order valence-corrected chi connectivity index (χ2v) is 7.26. The van der Waals surface area contributed by atoms with Crippen LogP contribution in [0.2, 0.25) is 0 Å². The molecule has 108 valence electrons. The summed E-state index contributed by atoms with van der Waals surface area (Å²) >= 11 is 1.48. The lowest BCUT2D eigenvalue weighted by molar-refractivity contribution is 0.462. The van der Waals surface area contributed by atoms with Crippen LogP contribution in [0.15, 0.2) is 29.0 Å². The van der Waals surface area contributed by atoms with Gasteiger partial charge in [0.2, 0.25) is 10.0 Å². The monoisotopic (exact) mass is 302 g/mol. The number of nitrogens with zero attached hydrogens (tertiary/aromatic N) is 1. The first-order chi connectivity index (χ1) is 9.04. The van der Waals surface area contributed by atoms with Gasteiger partial charge in [-0.1, -0.05) is 13.0 Å². The van der Waals surface area contributed by atoms with Gasteiger partial charge in [-0.05, 0) is 30.8 Å². The largest absolute Gasteiger partial charge is 0.312 e. The maximum atomic E-state index is 12.5. The van der Waals surface area contributed by atoms with Crippen molar-refractivity contribution in [3.63, 3.8) is 0 Å². The molecule has 1 heterocycles. The summed E-state index contributed by atoms with van der Waals surface area (Å²) in [5, 5.41) is 5.00. The zero-order valence-corrected chi connectivity index (χ0v) is 13.2. The molecule has 0 saturated heterocycles. The fraction of sp³-hybridized carbons (Fsp3) is 0.538. The SMILES string of the molecule is C=CCCCN(C)S(=O)(=O)c1ccsc1CNCC. The van der Waals surface area contributed by atoms with Crippen LogP contribution in [0.25, 0.3) is 0 Å². The van der Waals surface area contributed by atoms with Crippen molar-refractivity contribution < 1.29 is 8.42 Å². The molecule has 1 rings (SSSR count). The van der Waals surface area contributed by atoms with E-state index in [0.29, 0.717) is 18.0 Å². The molecule has 19 heavy (non-hydrogen) atoms. The Morgan fingerprint density at radius 3 is 2.89 bits per heavy atom. The van der Waals surface area contributed by atoms with E-state index in [1.54, 1.807) is 13.1 Å². The molecule has 0 aliphatic heterocycles. The molecule has 0 bridgehead atoms. The van der Waals surface area contributed by atoms with E-state index in [-0.39, 0.29) is 0 Å². The summed E-state index contributed by atoms with van der Waals surface area (Å²) in [5.41, 5.74) is 0. The number of sulfonamides is 1. The van der Waals surface area contributed by atoms with Crippen LogP contribution >= 0.6 is 11.3 Å². The van der Waals surface area contributed by atoms with E-state index in [2.05, 4.69) is 11.9 Å². The molecule has 1 aromatic rings. The molecular weight excluding hydrogens is 280 g/mol. The van der Waals surface area contributed by atoms with Crippen molar-refractivity contribution >= 4 is 21.4 Å². The lowest BCUT2D eigenvalue weighted by Gasteiger charge is -2.17. The fourth-order valence-corrected chi connectivity index (χ4v) is 4.26. The fourth-order valence-electron chi connectivity index (χ4n) is 1.67. The van der Waals surface area contributed by atoms with Gasteiger partial charge in [-0.15, -0.1) is 17.9 Å². The van der Waals surface area contributed by atoms with Crippen LogP contribution in [-0.4, -0.2) is 32.9 Å². The molecule has 1 N–H and O–H groups in total. The maximum Gasteiger partial charge on any atom is 0.243 e. The number of hydrogen-bond acceptors (Lipinski definition) is 4. The molecule has 4 nitrogen and oxygen atoms in total. The first-order valence-electron chi connectivity index (χ1n) is 6.38. The third-order valence-electron chi connectivity index (χ3n) is 2.81. The van der Waals surface area contributed by atoms with E-state index in [1.165, 1.54) is 15.6 Å². The van der Waals surface area contributed by atoms with Gasteiger partial charge in [0.15, 0.2) is 0 Å². The number of nitrogens with one attached hydrogen (secondary N) is 1. The van der Waals surface area contributed by atoms with Crippen LogP contribution < -0.4 is 5.32 Å². The summed E-state index contributed by atoms with van der Waals surface area (Å²) in [5.74, 6) is 0. The molecule has 0 atom stereocenters. The van der Waals surface area contributed by atoms with Gasteiger partial charge in [0.1, 0.15) is 0 Å². The van der Waals surface area contributed by atoms with Crippen LogP contribution in [-0.2, 0) is 16.6 Å². The van der Waals surface area contributed by atoms with E-state index in [1.807, 2.05) is 18.4 Å². The Morgan fingerprint density at radius 1 is 1.53 bits per heavy atom. The third kappa shape index (κ3) is 4.42. The minimum Gasteiger partial charge on any atom is -0.312 e. The van der Waals surface area contributed by atoms with E-state index >= 15 is 0 Å². The first kappa shape index (κ1) is 16.4. The smallest absolute Gasteiger partial charge is 0.243 e. The van der Waals surface area contributed by atoms with Crippen molar-refractivity contribution in [2.24, 2.45) is 0 Å². The van der Waals surface area contributed by atoms with Crippen molar-refractivity contribution in [1.82, 2.24) is 9.62 Å². The van der Waals surface area contributed by atoms with Crippen LogP contribution in [0.1, 0.15) is 24.6 Å². The number of hydrogen-bond donors (Lipinski definition) is 1. The van der Waals surface area contributed by atoms with Gasteiger partial charge >= 0.3 is 0 Å². The van der Waals surface area contributed by atoms with Gasteiger partial charge < -0.3 is 5.32 Å². The number of rotatable bonds is 9. The highest BCUT2D eigenvalue weighted by Crippen LogP contribution is 2.24. The van der Waals surface area contributed by atoms with Crippen LogP contribution in [0.4, 0.5) is 0 Å². The Morgan fingerprint density at radius 2 is 2.26 bits per heavy atom. The van der Waals surface area contributed by atoms with Gasteiger partial charge in [-0.25, -0.2) is 12.7 Å². The highest BCUT2D eigenvalue weighted by molar-refractivity contribution is 7.89. The predicted molar refractivity (Wildman–Crippen MR) is 80.9 cm³/mol. The zero-order valence-electron chi connectivity index (χ0n) is 11.6. The molecular formula is C13H22N2O2S2. The minimum absolute atomic E-state index is 0.430. The minimum atomic E-state index is -3.37. The van der Waals surface area contributed by atoms with Crippen LogP contribution in [0.3, 0.4) is 0 Å². The van der Waals surface area contributed by atoms with Gasteiger partial charge in [0.25, 0.3) is 0 Å². The molecule has 0 unspecified atom stereocenters. The summed E-state index contributed by atoms with van der Waals surface area (Å²) in [7, 11) is -1.74. The molecule has 0 aliphatic carbocycles. The molecule has 0 amide bonds.